The van der Waals surface area contributed by atoms with Gasteiger partial charge in [-0.25, -0.2) is 0 Å². The van der Waals surface area contributed by atoms with Crippen molar-refractivity contribution in [1.82, 2.24) is 15.1 Å². The van der Waals surface area contributed by atoms with Gasteiger partial charge in [-0.2, -0.15) is 0 Å². The van der Waals surface area contributed by atoms with Crippen molar-refractivity contribution in [1.29, 1.82) is 0 Å². The molecule has 1 N–H and O–H groups in total. The Morgan fingerprint density at radius 2 is 1.93 bits per heavy atom. The van der Waals surface area contributed by atoms with Crippen LogP contribution in [0.2, 0.25) is 0 Å². The van der Waals surface area contributed by atoms with Crippen LogP contribution < -0.4 is 5.32 Å². The molecule has 2 saturated heterocycles. The van der Waals surface area contributed by atoms with Crippen LogP contribution in [0.4, 0.5) is 0 Å². The molecular formula is C21H33N3O3S. The monoisotopic (exact) mass is 407 g/mol. The van der Waals surface area contributed by atoms with Gasteiger partial charge in [0, 0.05) is 44.7 Å². The molecule has 3 rings (SSSR count). The van der Waals surface area contributed by atoms with E-state index < -0.39 is 0 Å². The van der Waals surface area contributed by atoms with Crippen LogP contribution in [0.25, 0.3) is 0 Å². The molecule has 1 atom stereocenters. The highest BCUT2D eigenvalue weighted by molar-refractivity contribution is 7.12. The number of thiophene rings is 1. The van der Waals surface area contributed by atoms with Gasteiger partial charge >= 0.3 is 0 Å². The number of likely N-dealkylation sites (tertiary alicyclic amines) is 1. The molecule has 2 aliphatic heterocycles. The average Bonchev–Trinajstić information content (AvgIpc) is 3.25. The van der Waals surface area contributed by atoms with Crippen molar-refractivity contribution < 1.29 is 14.3 Å². The summed E-state index contributed by atoms with van der Waals surface area (Å²) in [5, 5.41) is 5.13. The molecule has 2 fully saturated rings. The summed E-state index contributed by atoms with van der Waals surface area (Å²) in [5.74, 6) is 0.844. The van der Waals surface area contributed by atoms with E-state index in [9.17, 15) is 9.59 Å². The van der Waals surface area contributed by atoms with Crippen molar-refractivity contribution in [2.75, 3.05) is 45.9 Å². The summed E-state index contributed by atoms with van der Waals surface area (Å²) >= 11 is 1.48. The van der Waals surface area contributed by atoms with E-state index in [2.05, 4.69) is 24.1 Å². The number of carbonyl (C=O) groups is 2. The topological polar surface area (TPSA) is 61.9 Å². The Kier molecular flexibility index (Phi) is 7.88. The maximum Gasteiger partial charge on any atom is 0.263 e. The minimum absolute atomic E-state index is 0.0109. The summed E-state index contributed by atoms with van der Waals surface area (Å²) in [6.45, 7) is 9.92. The molecule has 0 bridgehead atoms. The van der Waals surface area contributed by atoms with Gasteiger partial charge in [0.15, 0.2) is 0 Å². The molecule has 0 saturated carbocycles. The van der Waals surface area contributed by atoms with Gasteiger partial charge in [0.05, 0.1) is 18.1 Å². The lowest BCUT2D eigenvalue weighted by molar-refractivity contribution is -0.126. The van der Waals surface area contributed by atoms with Gasteiger partial charge in [-0.3, -0.25) is 14.5 Å². The number of nitrogens with one attached hydrogen (secondary N) is 1. The lowest BCUT2D eigenvalue weighted by atomic mass is 9.95. The van der Waals surface area contributed by atoms with Crippen LogP contribution >= 0.6 is 11.3 Å². The molecule has 156 valence electrons. The van der Waals surface area contributed by atoms with E-state index in [1.54, 1.807) is 0 Å². The van der Waals surface area contributed by atoms with Crippen LogP contribution in [-0.2, 0) is 9.53 Å². The van der Waals surface area contributed by atoms with Crippen LogP contribution in [0.1, 0.15) is 42.8 Å². The molecule has 0 radical (unpaired) electrons. The van der Waals surface area contributed by atoms with E-state index in [-0.39, 0.29) is 17.7 Å². The minimum atomic E-state index is 0.0109. The summed E-state index contributed by atoms with van der Waals surface area (Å²) < 4.78 is 5.47. The van der Waals surface area contributed by atoms with Gasteiger partial charge in [0.1, 0.15) is 0 Å². The van der Waals surface area contributed by atoms with Crippen molar-refractivity contribution in [3.8, 4) is 0 Å². The highest BCUT2D eigenvalue weighted by Gasteiger charge is 2.29. The fraction of sp³-hybridized carbons (Fsp3) is 0.714. The number of piperidine rings is 1. The first-order valence-electron chi connectivity index (χ1n) is 10.5. The lowest BCUT2D eigenvalue weighted by Crippen LogP contribution is -2.50. The van der Waals surface area contributed by atoms with Crippen LogP contribution in [0.3, 0.4) is 0 Å². The number of hydrogen-bond donors (Lipinski definition) is 1. The normalized spacial score (nSPS) is 20.3. The molecule has 2 amide bonds. The number of amides is 2. The highest BCUT2D eigenvalue weighted by atomic mass is 32.1. The molecule has 2 aliphatic rings. The SMILES string of the molecule is CC(C)CC(CNC(=O)C1CCN(C(=O)c2cccs2)CC1)N1CCOCC1. The van der Waals surface area contributed by atoms with E-state index in [4.69, 9.17) is 4.74 Å². The molecular weight excluding hydrogens is 374 g/mol. The summed E-state index contributed by atoms with van der Waals surface area (Å²) in [6, 6.07) is 4.14. The van der Waals surface area contributed by atoms with Gasteiger partial charge in [0.25, 0.3) is 5.91 Å². The van der Waals surface area contributed by atoms with E-state index in [1.165, 1.54) is 11.3 Å². The van der Waals surface area contributed by atoms with Gasteiger partial charge in [-0.15, -0.1) is 11.3 Å². The summed E-state index contributed by atoms with van der Waals surface area (Å²) in [6.07, 6.45) is 2.57. The fourth-order valence-corrected chi connectivity index (χ4v) is 4.80. The Morgan fingerprint density at radius 3 is 2.54 bits per heavy atom. The zero-order valence-corrected chi connectivity index (χ0v) is 17.9. The molecule has 0 aromatic carbocycles. The Labute approximate surface area is 172 Å². The number of carbonyl (C=O) groups excluding carboxylic acids is 2. The predicted molar refractivity (Wildman–Crippen MR) is 112 cm³/mol. The van der Waals surface area contributed by atoms with Crippen molar-refractivity contribution in [2.24, 2.45) is 11.8 Å². The molecule has 7 heteroatoms. The van der Waals surface area contributed by atoms with Gasteiger partial charge in [-0.1, -0.05) is 19.9 Å². The molecule has 1 unspecified atom stereocenters. The summed E-state index contributed by atoms with van der Waals surface area (Å²) in [5.41, 5.74) is 0. The quantitative estimate of drug-likeness (QED) is 0.754. The van der Waals surface area contributed by atoms with Crippen LogP contribution in [0, 0.1) is 11.8 Å². The van der Waals surface area contributed by atoms with Gasteiger partial charge in [-0.05, 0) is 36.6 Å². The highest BCUT2D eigenvalue weighted by Crippen LogP contribution is 2.21. The van der Waals surface area contributed by atoms with Gasteiger partial charge in [0.2, 0.25) is 5.91 Å². The number of morpholine rings is 1. The van der Waals surface area contributed by atoms with Crippen molar-refractivity contribution in [3.05, 3.63) is 22.4 Å². The second-order valence-electron chi connectivity index (χ2n) is 8.22. The zero-order valence-electron chi connectivity index (χ0n) is 17.1. The molecule has 0 spiro atoms. The third-order valence-electron chi connectivity index (χ3n) is 5.70. The van der Waals surface area contributed by atoms with Crippen LogP contribution in [0.5, 0.6) is 0 Å². The van der Waals surface area contributed by atoms with Gasteiger partial charge < -0.3 is 15.0 Å². The van der Waals surface area contributed by atoms with E-state index in [0.29, 0.717) is 31.6 Å². The van der Waals surface area contributed by atoms with E-state index >= 15 is 0 Å². The number of ether oxygens (including phenoxy) is 1. The Morgan fingerprint density at radius 1 is 1.21 bits per heavy atom. The van der Waals surface area contributed by atoms with Crippen LogP contribution in [-0.4, -0.2) is 73.6 Å². The number of rotatable bonds is 7. The van der Waals surface area contributed by atoms with E-state index in [1.807, 2.05) is 22.4 Å². The third kappa shape index (κ3) is 5.78. The molecule has 28 heavy (non-hydrogen) atoms. The van der Waals surface area contributed by atoms with E-state index in [0.717, 1.165) is 50.4 Å². The number of nitrogens with zero attached hydrogens (tertiary/aromatic N) is 2. The second kappa shape index (κ2) is 10.4. The summed E-state index contributed by atoms with van der Waals surface area (Å²) in [4.78, 5) is 30.3. The number of hydrogen-bond acceptors (Lipinski definition) is 5. The van der Waals surface area contributed by atoms with Crippen molar-refractivity contribution in [3.63, 3.8) is 0 Å². The Balaban J connectivity index is 1.45. The standard InChI is InChI=1S/C21H33N3O3S/c1-16(2)14-18(23-9-11-27-12-10-23)15-22-20(25)17-5-7-24(8-6-17)21(26)19-4-3-13-28-19/h3-4,13,16-18H,5-12,14-15H2,1-2H3,(H,22,25). The maximum atomic E-state index is 12.7. The molecule has 1 aromatic rings. The predicted octanol–water partition coefficient (Wildman–Crippen LogP) is 2.46. The first-order valence-corrected chi connectivity index (χ1v) is 11.3. The van der Waals surface area contributed by atoms with Crippen molar-refractivity contribution in [2.45, 2.75) is 39.2 Å². The molecule has 6 nitrogen and oxygen atoms in total. The first-order chi connectivity index (χ1) is 13.5. The Bertz CT molecular complexity index is 621. The molecule has 3 heterocycles. The average molecular weight is 408 g/mol. The molecule has 1 aromatic heterocycles. The Hall–Kier alpha value is -1.44. The molecule has 0 aliphatic carbocycles. The fourth-order valence-electron chi connectivity index (χ4n) is 4.11. The van der Waals surface area contributed by atoms with Crippen LogP contribution in [0.15, 0.2) is 17.5 Å². The largest absolute Gasteiger partial charge is 0.379 e. The summed E-state index contributed by atoms with van der Waals surface area (Å²) in [7, 11) is 0. The maximum absolute atomic E-state index is 12.7. The third-order valence-corrected chi connectivity index (χ3v) is 6.56. The second-order valence-corrected chi connectivity index (χ2v) is 9.17. The van der Waals surface area contributed by atoms with Crippen molar-refractivity contribution >= 4 is 23.2 Å². The minimum Gasteiger partial charge on any atom is -0.379 e. The lowest BCUT2D eigenvalue weighted by Gasteiger charge is -2.36. The zero-order chi connectivity index (χ0) is 19.9. The first kappa shape index (κ1) is 21.3. The smallest absolute Gasteiger partial charge is 0.263 e.